The van der Waals surface area contributed by atoms with E-state index in [1.807, 2.05) is 0 Å². The molecular weight excluding hydrogens is 181 g/mol. The second-order valence-electron chi connectivity index (χ2n) is 2.97. The first-order chi connectivity index (χ1) is 4.77. The SMILES string of the molecule is Cc1cc(C)[c]2c(c1)[CH2][Ge]2. The van der Waals surface area contributed by atoms with Gasteiger partial charge < -0.3 is 0 Å². The molecule has 0 N–H and O–H groups in total. The van der Waals surface area contributed by atoms with Crippen LogP contribution in [0, 0.1) is 13.8 Å². The Labute approximate surface area is 68.1 Å². The summed E-state index contributed by atoms with van der Waals surface area (Å²) in [5, 5.41) is 1.43. The van der Waals surface area contributed by atoms with Crippen LogP contribution in [0.4, 0.5) is 0 Å². The van der Waals surface area contributed by atoms with Gasteiger partial charge in [-0.25, -0.2) is 0 Å². The van der Waals surface area contributed by atoms with Gasteiger partial charge in [0.05, 0.1) is 0 Å². The summed E-state index contributed by atoms with van der Waals surface area (Å²) >= 11 is 0.318. The van der Waals surface area contributed by atoms with Crippen molar-refractivity contribution >= 4 is 19.8 Å². The van der Waals surface area contributed by atoms with E-state index < -0.39 is 0 Å². The normalized spacial score (nSPS) is 14.2. The topological polar surface area (TPSA) is 0 Å². The number of aryl methyl sites for hydroxylation is 2. The predicted octanol–water partition coefficient (Wildman–Crippen LogP) is 1.15. The van der Waals surface area contributed by atoms with Crippen LogP contribution in [-0.4, -0.2) is 15.4 Å². The van der Waals surface area contributed by atoms with Gasteiger partial charge in [0.2, 0.25) is 0 Å². The summed E-state index contributed by atoms with van der Waals surface area (Å²) in [6, 6.07) is 4.65. The molecule has 1 aromatic carbocycles. The third-order valence-electron chi connectivity index (χ3n) is 2.02. The van der Waals surface area contributed by atoms with E-state index >= 15 is 0 Å². The first kappa shape index (κ1) is 6.47. The number of fused-ring (bicyclic) bond motifs is 1. The van der Waals surface area contributed by atoms with Crippen molar-refractivity contribution in [1.29, 1.82) is 0 Å². The van der Waals surface area contributed by atoms with E-state index in [4.69, 9.17) is 0 Å². The predicted molar refractivity (Wildman–Crippen MR) is 45.0 cm³/mol. The van der Waals surface area contributed by atoms with Gasteiger partial charge in [0, 0.05) is 0 Å². The van der Waals surface area contributed by atoms with Gasteiger partial charge in [-0.3, -0.25) is 0 Å². The molecule has 1 heteroatoms. The molecule has 1 aliphatic heterocycles. The van der Waals surface area contributed by atoms with Crippen LogP contribution in [0.2, 0.25) is 0 Å². The monoisotopic (exact) mass is 192 g/mol. The molecule has 0 spiro atoms. The zero-order valence-corrected chi connectivity index (χ0v) is 8.46. The molecule has 0 nitrogen and oxygen atoms in total. The maximum absolute atomic E-state index is 2.34. The van der Waals surface area contributed by atoms with Crippen LogP contribution in [0.5, 0.6) is 0 Å². The molecule has 0 atom stereocenters. The number of benzene rings is 1. The van der Waals surface area contributed by atoms with Crippen molar-refractivity contribution in [3.63, 3.8) is 0 Å². The minimum absolute atomic E-state index is 0.318. The van der Waals surface area contributed by atoms with Crippen molar-refractivity contribution in [2.75, 3.05) is 0 Å². The van der Waals surface area contributed by atoms with E-state index in [1.165, 1.54) is 10.8 Å². The van der Waals surface area contributed by atoms with Gasteiger partial charge in [-0.05, 0) is 0 Å². The van der Waals surface area contributed by atoms with Crippen LogP contribution in [0.25, 0.3) is 0 Å². The number of hydrogen-bond acceptors (Lipinski definition) is 0. The Balaban J connectivity index is 2.63. The fraction of sp³-hybridized carbons (Fsp3) is 0.333. The first-order valence-corrected chi connectivity index (χ1v) is 6.14. The molecule has 0 aromatic heterocycles. The van der Waals surface area contributed by atoms with Crippen molar-refractivity contribution in [2.24, 2.45) is 0 Å². The van der Waals surface area contributed by atoms with E-state index in [-0.39, 0.29) is 0 Å². The average Bonchev–Trinajstić information content (AvgIpc) is 1.77. The van der Waals surface area contributed by atoms with Crippen LogP contribution in [0.1, 0.15) is 16.7 Å². The third kappa shape index (κ3) is 0.824. The van der Waals surface area contributed by atoms with Gasteiger partial charge in [0.1, 0.15) is 0 Å². The molecule has 2 rings (SSSR count). The summed E-state index contributed by atoms with van der Waals surface area (Å²) in [6.45, 7) is 4.43. The summed E-state index contributed by atoms with van der Waals surface area (Å²) in [4.78, 5) is 0. The molecule has 0 bridgehead atoms. The summed E-state index contributed by atoms with van der Waals surface area (Å²) < 4.78 is 1.73. The fourth-order valence-corrected chi connectivity index (χ4v) is 3.80. The van der Waals surface area contributed by atoms with Crippen molar-refractivity contribution in [3.05, 3.63) is 28.8 Å². The van der Waals surface area contributed by atoms with Crippen LogP contribution in [0.15, 0.2) is 12.1 Å². The van der Waals surface area contributed by atoms with Crippen molar-refractivity contribution in [2.45, 2.75) is 19.1 Å². The molecule has 1 aliphatic rings. The third-order valence-corrected chi connectivity index (χ3v) is 5.43. The van der Waals surface area contributed by atoms with Crippen molar-refractivity contribution in [3.8, 4) is 0 Å². The Bertz CT molecular complexity index is 259. The molecule has 0 unspecified atom stereocenters. The Hall–Kier alpha value is -0.237. The van der Waals surface area contributed by atoms with Crippen LogP contribution >= 0.6 is 0 Å². The molecule has 10 heavy (non-hydrogen) atoms. The van der Waals surface area contributed by atoms with Crippen molar-refractivity contribution in [1.82, 2.24) is 0 Å². The number of rotatable bonds is 0. The molecule has 1 heterocycles. The van der Waals surface area contributed by atoms with E-state index in [9.17, 15) is 0 Å². The van der Waals surface area contributed by atoms with Crippen LogP contribution in [0.3, 0.4) is 0 Å². The molecule has 2 radical (unpaired) electrons. The van der Waals surface area contributed by atoms with E-state index in [1.54, 1.807) is 15.5 Å². The van der Waals surface area contributed by atoms with E-state index in [0.717, 1.165) is 0 Å². The minimum atomic E-state index is 0.318. The second-order valence-corrected chi connectivity index (χ2v) is 5.50. The maximum atomic E-state index is 2.34. The standard InChI is InChI=1S/C9H10Ge/c1-6-3-7(2)9-8(4-6)5-10-9/h3-4H,5H2,1-2H3. The van der Waals surface area contributed by atoms with E-state index in [2.05, 4.69) is 26.0 Å². The zero-order valence-electron chi connectivity index (χ0n) is 6.36. The van der Waals surface area contributed by atoms with Gasteiger partial charge in [0.15, 0.2) is 0 Å². The summed E-state index contributed by atoms with van der Waals surface area (Å²) in [5.74, 6) is 0. The average molecular weight is 191 g/mol. The van der Waals surface area contributed by atoms with Gasteiger partial charge in [-0.2, -0.15) is 0 Å². The molecule has 0 fully saturated rings. The van der Waals surface area contributed by atoms with Crippen molar-refractivity contribution < 1.29 is 0 Å². The van der Waals surface area contributed by atoms with Gasteiger partial charge in [-0.15, -0.1) is 0 Å². The molecular formula is C9H10Ge. The quantitative estimate of drug-likeness (QED) is 0.539. The summed E-state index contributed by atoms with van der Waals surface area (Å²) in [7, 11) is 0. The molecule has 0 aliphatic carbocycles. The summed E-state index contributed by atoms with van der Waals surface area (Å²) in [6.07, 6.45) is 0. The number of hydrogen-bond donors (Lipinski definition) is 0. The zero-order chi connectivity index (χ0) is 7.14. The van der Waals surface area contributed by atoms with Crippen LogP contribution < -0.4 is 4.40 Å². The second kappa shape index (κ2) is 2.13. The van der Waals surface area contributed by atoms with Gasteiger partial charge >= 0.3 is 67.8 Å². The Kier molecular flexibility index (Phi) is 1.38. The van der Waals surface area contributed by atoms with Gasteiger partial charge in [-0.1, -0.05) is 0 Å². The fourth-order valence-electron chi connectivity index (χ4n) is 1.52. The molecule has 0 amide bonds. The van der Waals surface area contributed by atoms with E-state index in [0.29, 0.717) is 15.4 Å². The molecule has 0 saturated heterocycles. The molecule has 1 aromatic rings. The summed E-state index contributed by atoms with van der Waals surface area (Å²) in [5.41, 5.74) is 4.61. The van der Waals surface area contributed by atoms with Gasteiger partial charge in [0.25, 0.3) is 0 Å². The first-order valence-electron chi connectivity index (χ1n) is 3.61. The Morgan fingerprint density at radius 1 is 1.30 bits per heavy atom. The molecule has 0 saturated carbocycles. The Morgan fingerprint density at radius 3 is 2.60 bits per heavy atom. The van der Waals surface area contributed by atoms with Crippen LogP contribution in [-0.2, 0) is 5.25 Å². The Morgan fingerprint density at radius 2 is 2.10 bits per heavy atom. The molecule has 50 valence electrons.